The zero-order valence-corrected chi connectivity index (χ0v) is 11.3. The molecule has 1 aromatic carbocycles. The van der Waals surface area contributed by atoms with Crippen molar-refractivity contribution in [2.24, 2.45) is 0 Å². The van der Waals surface area contributed by atoms with Crippen molar-refractivity contribution in [1.29, 1.82) is 0 Å². The molecule has 19 heavy (non-hydrogen) atoms. The maximum absolute atomic E-state index is 13.0. The Hall–Kier alpha value is -0.900. The van der Waals surface area contributed by atoms with Crippen LogP contribution in [0, 0.1) is 0 Å². The van der Waals surface area contributed by atoms with Crippen LogP contribution in [-0.2, 0) is 6.18 Å². The summed E-state index contributed by atoms with van der Waals surface area (Å²) < 4.78 is 38.9. The van der Waals surface area contributed by atoms with Gasteiger partial charge in [0.05, 0.1) is 11.1 Å². The Kier molecular flexibility index (Phi) is 4.29. The van der Waals surface area contributed by atoms with Crippen molar-refractivity contribution < 1.29 is 13.2 Å². The van der Waals surface area contributed by atoms with Crippen molar-refractivity contribution >= 4 is 17.3 Å². The second-order valence-electron chi connectivity index (χ2n) is 5.14. The minimum atomic E-state index is -4.34. The first kappa shape index (κ1) is 14.5. The van der Waals surface area contributed by atoms with Crippen LogP contribution in [-0.4, -0.2) is 11.4 Å². The lowest BCUT2D eigenvalue weighted by atomic mass is 9.83. The average Bonchev–Trinajstić information content (AvgIpc) is 2.39. The standard InChI is InChI=1S/C14H17ClF3N/c15-10-13(8-4-1-5-9-13)19-12-7-3-2-6-11(12)14(16,17)18/h2-3,6-7,19H,1,4-5,8-10H2. The molecule has 0 aliphatic heterocycles. The molecule has 5 heteroatoms. The number of anilines is 1. The van der Waals surface area contributed by atoms with E-state index in [-0.39, 0.29) is 5.69 Å². The van der Waals surface area contributed by atoms with Crippen LogP contribution in [0.1, 0.15) is 37.7 Å². The summed E-state index contributed by atoms with van der Waals surface area (Å²) in [7, 11) is 0. The molecule has 1 aliphatic carbocycles. The van der Waals surface area contributed by atoms with Crippen LogP contribution in [0.2, 0.25) is 0 Å². The average molecular weight is 292 g/mol. The molecule has 0 aromatic heterocycles. The summed E-state index contributed by atoms with van der Waals surface area (Å²) in [6.45, 7) is 0. The van der Waals surface area contributed by atoms with E-state index in [9.17, 15) is 13.2 Å². The number of para-hydroxylation sites is 1. The van der Waals surface area contributed by atoms with Gasteiger partial charge in [-0.3, -0.25) is 0 Å². The zero-order valence-electron chi connectivity index (χ0n) is 10.6. The lowest BCUT2D eigenvalue weighted by Crippen LogP contribution is -2.42. The lowest BCUT2D eigenvalue weighted by Gasteiger charge is -2.38. The lowest BCUT2D eigenvalue weighted by molar-refractivity contribution is -0.137. The molecule has 0 bridgehead atoms. The third-order valence-corrected chi connectivity index (χ3v) is 4.21. The van der Waals surface area contributed by atoms with Crippen LogP contribution in [0.3, 0.4) is 0 Å². The van der Waals surface area contributed by atoms with Crippen molar-refractivity contribution in [3.63, 3.8) is 0 Å². The molecule has 0 amide bonds. The minimum absolute atomic E-state index is 0.137. The highest BCUT2D eigenvalue weighted by atomic mass is 35.5. The fourth-order valence-corrected chi connectivity index (χ4v) is 2.98. The maximum Gasteiger partial charge on any atom is 0.418 e. The number of nitrogens with one attached hydrogen (secondary N) is 1. The van der Waals surface area contributed by atoms with E-state index in [0.717, 1.165) is 38.2 Å². The molecule has 0 spiro atoms. The van der Waals surface area contributed by atoms with E-state index >= 15 is 0 Å². The molecule has 0 heterocycles. The Morgan fingerprint density at radius 2 is 1.74 bits per heavy atom. The zero-order chi connectivity index (χ0) is 13.9. The minimum Gasteiger partial charge on any atom is -0.378 e. The number of benzene rings is 1. The molecule has 1 aliphatic rings. The molecule has 1 N–H and O–H groups in total. The Labute approximate surface area is 116 Å². The SMILES string of the molecule is FC(F)(F)c1ccccc1NC1(CCl)CCCCC1. The molecular weight excluding hydrogens is 275 g/mol. The van der Waals surface area contributed by atoms with Gasteiger partial charge in [0.15, 0.2) is 0 Å². The Morgan fingerprint density at radius 1 is 1.11 bits per heavy atom. The molecule has 1 nitrogen and oxygen atoms in total. The first-order valence-corrected chi connectivity index (χ1v) is 7.01. The van der Waals surface area contributed by atoms with Crippen LogP contribution in [0.4, 0.5) is 18.9 Å². The summed E-state index contributed by atoms with van der Waals surface area (Å²) in [5.74, 6) is 0.333. The third-order valence-electron chi connectivity index (χ3n) is 3.70. The van der Waals surface area contributed by atoms with Crippen molar-refractivity contribution in [3.05, 3.63) is 29.8 Å². The van der Waals surface area contributed by atoms with E-state index in [1.54, 1.807) is 6.07 Å². The maximum atomic E-state index is 13.0. The van der Waals surface area contributed by atoms with E-state index in [1.165, 1.54) is 12.1 Å². The second kappa shape index (κ2) is 5.61. The first-order chi connectivity index (χ1) is 8.97. The van der Waals surface area contributed by atoms with Gasteiger partial charge in [0, 0.05) is 11.6 Å². The van der Waals surface area contributed by atoms with Gasteiger partial charge in [0.25, 0.3) is 0 Å². The van der Waals surface area contributed by atoms with Gasteiger partial charge < -0.3 is 5.32 Å². The van der Waals surface area contributed by atoms with Gasteiger partial charge in [-0.05, 0) is 25.0 Å². The van der Waals surface area contributed by atoms with E-state index in [0.29, 0.717) is 5.88 Å². The molecule has 0 saturated heterocycles. The van der Waals surface area contributed by atoms with E-state index in [2.05, 4.69) is 5.32 Å². The Balaban J connectivity index is 2.27. The van der Waals surface area contributed by atoms with E-state index in [1.807, 2.05) is 0 Å². The monoisotopic (exact) mass is 291 g/mol. The molecule has 0 radical (unpaired) electrons. The summed E-state index contributed by atoms with van der Waals surface area (Å²) in [5.41, 5.74) is -0.885. The van der Waals surface area contributed by atoms with Gasteiger partial charge in [-0.15, -0.1) is 11.6 Å². The van der Waals surface area contributed by atoms with E-state index < -0.39 is 17.3 Å². The molecule has 0 atom stereocenters. The number of halogens is 4. The summed E-state index contributed by atoms with van der Waals surface area (Å²) in [4.78, 5) is 0. The molecule has 2 rings (SSSR count). The number of rotatable bonds is 3. The molecule has 1 aromatic rings. The smallest absolute Gasteiger partial charge is 0.378 e. The molecule has 0 unspecified atom stereocenters. The summed E-state index contributed by atoms with van der Waals surface area (Å²) in [6, 6.07) is 5.60. The van der Waals surface area contributed by atoms with Crippen molar-refractivity contribution in [2.45, 2.75) is 43.8 Å². The predicted molar refractivity (Wildman–Crippen MR) is 71.6 cm³/mol. The molecule has 1 saturated carbocycles. The van der Waals surface area contributed by atoms with Gasteiger partial charge >= 0.3 is 6.18 Å². The number of alkyl halides is 4. The summed E-state index contributed by atoms with van der Waals surface area (Å²) in [5, 5.41) is 3.07. The van der Waals surface area contributed by atoms with Gasteiger partial charge in [-0.25, -0.2) is 0 Å². The van der Waals surface area contributed by atoms with Crippen LogP contribution in [0.25, 0.3) is 0 Å². The fraction of sp³-hybridized carbons (Fsp3) is 0.571. The highest BCUT2D eigenvalue weighted by Crippen LogP contribution is 2.38. The van der Waals surface area contributed by atoms with Crippen LogP contribution in [0.15, 0.2) is 24.3 Å². The van der Waals surface area contributed by atoms with E-state index in [4.69, 9.17) is 11.6 Å². The summed E-state index contributed by atoms with van der Waals surface area (Å²) >= 11 is 6.01. The van der Waals surface area contributed by atoms with Crippen molar-refractivity contribution in [2.75, 3.05) is 11.2 Å². The highest BCUT2D eigenvalue weighted by molar-refractivity contribution is 6.18. The second-order valence-corrected chi connectivity index (χ2v) is 5.41. The fourth-order valence-electron chi connectivity index (χ4n) is 2.65. The quantitative estimate of drug-likeness (QED) is 0.768. The first-order valence-electron chi connectivity index (χ1n) is 6.47. The van der Waals surface area contributed by atoms with Gasteiger partial charge in [0.1, 0.15) is 0 Å². The Morgan fingerprint density at radius 3 is 2.32 bits per heavy atom. The van der Waals surface area contributed by atoms with Gasteiger partial charge in [-0.2, -0.15) is 13.2 Å². The molecule has 106 valence electrons. The van der Waals surface area contributed by atoms with Crippen LogP contribution < -0.4 is 5.32 Å². The normalized spacial score (nSPS) is 19.2. The highest BCUT2D eigenvalue weighted by Gasteiger charge is 2.37. The number of hydrogen-bond donors (Lipinski definition) is 1. The van der Waals surface area contributed by atoms with Crippen LogP contribution in [0.5, 0.6) is 0 Å². The molecule has 1 fully saturated rings. The van der Waals surface area contributed by atoms with Gasteiger partial charge in [-0.1, -0.05) is 31.4 Å². The van der Waals surface area contributed by atoms with Crippen molar-refractivity contribution in [3.8, 4) is 0 Å². The molecular formula is C14H17ClF3N. The van der Waals surface area contributed by atoms with Crippen LogP contribution >= 0.6 is 11.6 Å². The largest absolute Gasteiger partial charge is 0.418 e. The number of hydrogen-bond acceptors (Lipinski definition) is 1. The van der Waals surface area contributed by atoms with Gasteiger partial charge in [0.2, 0.25) is 0 Å². The third kappa shape index (κ3) is 3.35. The topological polar surface area (TPSA) is 12.0 Å². The predicted octanol–water partition coefficient (Wildman–Crippen LogP) is 5.06. The summed E-state index contributed by atoms with van der Waals surface area (Å²) in [6.07, 6.45) is 0.445. The Bertz CT molecular complexity index is 425. The van der Waals surface area contributed by atoms with Crippen molar-refractivity contribution in [1.82, 2.24) is 0 Å².